The van der Waals surface area contributed by atoms with E-state index in [1.54, 1.807) is 11.1 Å². The first-order valence-corrected chi connectivity index (χ1v) is 11.6. The van der Waals surface area contributed by atoms with Crippen molar-refractivity contribution in [3.8, 4) is 11.1 Å². The quantitative estimate of drug-likeness (QED) is 0.583. The van der Waals surface area contributed by atoms with Gasteiger partial charge in [-0.3, -0.25) is 9.59 Å². The number of rotatable bonds is 6. The second-order valence-electron chi connectivity index (χ2n) is 9.04. The molecule has 2 aromatic carbocycles. The van der Waals surface area contributed by atoms with Crippen molar-refractivity contribution in [3.63, 3.8) is 0 Å². The van der Waals surface area contributed by atoms with Crippen LogP contribution in [0.4, 0.5) is 0 Å². The molecule has 2 heterocycles. The van der Waals surface area contributed by atoms with E-state index in [1.807, 2.05) is 54.8 Å². The standard InChI is InChI=1S/C27H32N4O2/c1-20(18-30-14-13-28-21(30)2)26(32)31-16-15-29(3)27(33)25(19-31)17-22-9-11-24(12-10-22)23-7-5-4-6-8-23/h4-14,20,25H,15-19H2,1-3H3/t20-,25-/m0/s1. The Balaban J connectivity index is 1.45. The summed E-state index contributed by atoms with van der Waals surface area (Å²) in [6, 6.07) is 18.7. The molecular formula is C27H32N4O2. The van der Waals surface area contributed by atoms with Gasteiger partial charge in [0, 0.05) is 45.6 Å². The van der Waals surface area contributed by atoms with E-state index in [2.05, 4.69) is 41.4 Å². The van der Waals surface area contributed by atoms with Crippen LogP contribution in [0.2, 0.25) is 0 Å². The zero-order chi connectivity index (χ0) is 23.4. The summed E-state index contributed by atoms with van der Waals surface area (Å²) in [4.78, 5) is 34.2. The van der Waals surface area contributed by atoms with E-state index in [-0.39, 0.29) is 23.7 Å². The van der Waals surface area contributed by atoms with Crippen LogP contribution in [-0.4, -0.2) is 57.8 Å². The molecule has 1 aliphatic heterocycles. The van der Waals surface area contributed by atoms with Gasteiger partial charge in [0.05, 0.1) is 11.8 Å². The molecule has 4 rings (SSSR count). The molecule has 1 saturated heterocycles. The maximum Gasteiger partial charge on any atom is 0.227 e. The van der Waals surface area contributed by atoms with Gasteiger partial charge in [0.1, 0.15) is 5.82 Å². The Kier molecular flexibility index (Phi) is 6.92. The topological polar surface area (TPSA) is 58.4 Å². The summed E-state index contributed by atoms with van der Waals surface area (Å²) in [5.41, 5.74) is 3.44. The number of nitrogens with zero attached hydrogens (tertiary/aromatic N) is 4. The van der Waals surface area contributed by atoms with Gasteiger partial charge in [-0.2, -0.15) is 0 Å². The molecule has 1 aliphatic rings. The summed E-state index contributed by atoms with van der Waals surface area (Å²) in [5.74, 6) is 0.678. The molecule has 0 spiro atoms. The van der Waals surface area contributed by atoms with Crippen LogP contribution in [0.5, 0.6) is 0 Å². The lowest BCUT2D eigenvalue weighted by Gasteiger charge is -2.26. The Bertz CT molecular complexity index is 1090. The third kappa shape index (κ3) is 5.33. The predicted molar refractivity (Wildman–Crippen MR) is 129 cm³/mol. The van der Waals surface area contributed by atoms with Gasteiger partial charge in [-0.05, 0) is 30.0 Å². The van der Waals surface area contributed by atoms with Crippen molar-refractivity contribution < 1.29 is 9.59 Å². The van der Waals surface area contributed by atoms with Crippen molar-refractivity contribution in [2.75, 3.05) is 26.7 Å². The molecule has 172 valence electrons. The molecule has 2 atom stereocenters. The number of benzene rings is 2. The average Bonchev–Trinajstić information content (AvgIpc) is 3.18. The predicted octanol–water partition coefficient (Wildman–Crippen LogP) is 3.65. The number of hydrogen-bond donors (Lipinski definition) is 0. The number of aromatic nitrogens is 2. The number of carbonyl (C=O) groups is 2. The molecule has 0 aliphatic carbocycles. The van der Waals surface area contributed by atoms with Crippen LogP contribution in [-0.2, 0) is 22.6 Å². The second kappa shape index (κ2) is 10.0. The molecule has 1 aromatic heterocycles. The van der Waals surface area contributed by atoms with Gasteiger partial charge in [-0.15, -0.1) is 0 Å². The fraction of sp³-hybridized carbons (Fsp3) is 0.370. The van der Waals surface area contributed by atoms with Crippen LogP contribution < -0.4 is 0 Å². The van der Waals surface area contributed by atoms with E-state index in [9.17, 15) is 9.59 Å². The fourth-order valence-electron chi connectivity index (χ4n) is 4.51. The van der Waals surface area contributed by atoms with Crippen molar-refractivity contribution in [1.82, 2.24) is 19.4 Å². The lowest BCUT2D eigenvalue weighted by molar-refractivity contribution is -0.136. The zero-order valence-corrected chi connectivity index (χ0v) is 19.6. The number of hydrogen-bond acceptors (Lipinski definition) is 3. The van der Waals surface area contributed by atoms with Crippen molar-refractivity contribution >= 4 is 11.8 Å². The summed E-state index contributed by atoms with van der Waals surface area (Å²) in [5, 5.41) is 0. The highest BCUT2D eigenvalue weighted by molar-refractivity contribution is 5.83. The van der Waals surface area contributed by atoms with E-state index in [4.69, 9.17) is 0 Å². The normalized spacial score (nSPS) is 17.7. The molecule has 0 N–H and O–H groups in total. The molecule has 0 saturated carbocycles. The average molecular weight is 445 g/mol. The second-order valence-corrected chi connectivity index (χ2v) is 9.04. The van der Waals surface area contributed by atoms with Gasteiger partial charge in [-0.25, -0.2) is 4.98 Å². The minimum Gasteiger partial charge on any atom is -0.344 e. The van der Waals surface area contributed by atoms with Crippen LogP contribution in [0.25, 0.3) is 11.1 Å². The molecule has 1 fully saturated rings. The van der Waals surface area contributed by atoms with Gasteiger partial charge >= 0.3 is 0 Å². The first-order chi connectivity index (χ1) is 15.9. The molecule has 6 heteroatoms. The minimum absolute atomic E-state index is 0.0932. The highest BCUT2D eigenvalue weighted by atomic mass is 16.2. The molecular weight excluding hydrogens is 412 g/mol. The zero-order valence-electron chi connectivity index (χ0n) is 19.6. The first-order valence-electron chi connectivity index (χ1n) is 11.6. The smallest absolute Gasteiger partial charge is 0.227 e. The summed E-state index contributed by atoms with van der Waals surface area (Å²) in [6.45, 7) is 6.07. The Hall–Kier alpha value is -3.41. The number of aryl methyl sites for hydroxylation is 1. The van der Waals surface area contributed by atoms with E-state index >= 15 is 0 Å². The number of amides is 2. The number of carbonyl (C=O) groups excluding carboxylic acids is 2. The van der Waals surface area contributed by atoms with Crippen molar-refractivity contribution in [2.45, 2.75) is 26.8 Å². The minimum atomic E-state index is -0.244. The largest absolute Gasteiger partial charge is 0.344 e. The van der Waals surface area contributed by atoms with Gasteiger partial charge in [0.15, 0.2) is 0 Å². The van der Waals surface area contributed by atoms with Crippen LogP contribution in [0, 0.1) is 18.8 Å². The van der Waals surface area contributed by atoms with Crippen molar-refractivity contribution in [1.29, 1.82) is 0 Å². The van der Waals surface area contributed by atoms with Gasteiger partial charge in [-0.1, -0.05) is 61.5 Å². The Morgan fingerprint density at radius 2 is 1.76 bits per heavy atom. The highest BCUT2D eigenvalue weighted by Gasteiger charge is 2.32. The van der Waals surface area contributed by atoms with Gasteiger partial charge in [0.25, 0.3) is 0 Å². The van der Waals surface area contributed by atoms with E-state index < -0.39 is 0 Å². The summed E-state index contributed by atoms with van der Waals surface area (Å²) >= 11 is 0. The highest BCUT2D eigenvalue weighted by Crippen LogP contribution is 2.22. The third-order valence-electron chi connectivity index (χ3n) is 6.54. The summed E-state index contributed by atoms with van der Waals surface area (Å²) < 4.78 is 2.00. The molecule has 0 unspecified atom stereocenters. The van der Waals surface area contributed by atoms with Gasteiger partial charge < -0.3 is 14.4 Å². The Labute approximate surface area is 195 Å². The van der Waals surface area contributed by atoms with E-state index in [0.29, 0.717) is 32.6 Å². The molecule has 0 bridgehead atoms. The lowest BCUT2D eigenvalue weighted by atomic mass is 9.95. The van der Waals surface area contributed by atoms with E-state index in [1.165, 1.54) is 5.56 Å². The maximum absolute atomic E-state index is 13.3. The molecule has 0 radical (unpaired) electrons. The summed E-state index contributed by atoms with van der Waals surface area (Å²) in [6.07, 6.45) is 4.28. The van der Waals surface area contributed by atoms with Crippen LogP contribution in [0.1, 0.15) is 18.3 Å². The monoisotopic (exact) mass is 444 g/mol. The third-order valence-corrected chi connectivity index (χ3v) is 6.54. The van der Waals surface area contributed by atoms with Crippen LogP contribution in [0.15, 0.2) is 67.0 Å². The lowest BCUT2D eigenvalue weighted by Crippen LogP contribution is -2.41. The fourth-order valence-corrected chi connectivity index (χ4v) is 4.51. The Morgan fingerprint density at radius 1 is 1.06 bits per heavy atom. The van der Waals surface area contributed by atoms with Crippen LogP contribution in [0.3, 0.4) is 0 Å². The van der Waals surface area contributed by atoms with Crippen LogP contribution >= 0.6 is 0 Å². The van der Waals surface area contributed by atoms with Crippen molar-refractivity contribution in [2.24, 2.45) is 11.8 Å². The molecule has 6 nitrogen and oxygen atoms in total. The molecule has 33 heavy (non-hydrogen) atoms. The van der Waals surface area contributed by atoms with Gasteiger partial charge in [0.2, 0.25) is 11.8 Å². The van der Waals surface area contributed by atoms with Crippen molar-refractivity contribution in [3.05, 3.63) is 78.4 Å². The SMILES string of the molecule is Cc1nccn1C[C@H](C)C(=O)N1CCN(C)C(=O)[C@@H](Cc2ccc(-c3ccccc3)cc2)C1. The molecule has 2 amide bonds. The number of imidazole rings is 1. The van der Waals surface area contributed by atoms with E-state index in [0.717, 1.165) is 17.0 Å². The first kappa shape index (κ1) is 22.8. The summed E-state index contributed by atoms with van der Waals surface area (Å²) in [7, 11) is 1.83. The maximum atomic E-state index is 13.3. The molecule has 3 aromatic rings. The Morgan fingerprint density at radius 3 is 2.42 bits per heavy atom. The number of likely N-dealkylation sites (N-methyl/N-ethyl adjacent to an activating group) is 1.